The Kier molecular flexibility index (Phi) is 5.67. The van der Waals surface area contributed by atoms with Crippen LogP contribution in [-0.2, 0) is 28.7 Å². The number of hydrogen-bond acceptors (Lipinski definition) is 5. The Morgan fingerprint density at radius 3 is 2.24 bits per heavy atom. The Bertz CT molecular complexity index is 567. The fraction of sp³-hybridized carbons (Fsp3) is 0.267. The minimum Gasteiger partial charge on any atom is -0.459 e. The fourth-order valence-electron chi connectivity index (χ4n) is 1.46. The van der Waals surface area contributed by atoms with Gasteiger partial charge in [-0.2, -0.15) is 0 Å². The molecule has 6 heteroatoms. The average Bonchev–Trinajstić information content (AvgIpc) is 2.44. The third-order valence-corrected chi connectivity index (χ3v) is 3.02. The molecule has 0 aliphatic carbocycles. The Morgan fingerprint density at radius 2 is 1.76 bits per heavy atom. The summed E-state index contributed by atoms with van der Waals surface area (Å²) in [5.74, 6) is -2.49. The summed E-state index contributed by atoms with van der Waals surface area (Å²) in [5, 5.41) is 0. The van der Waals surface area contributed by atoms with Crippen molar-refractivity contribution in [2.45, 2.75) is 18.7 Å². The number of benzene rings is 1. The maximum Gasteiger partial charge on any atom is 0.343 e. The first kappa shape index (κ1) is 16.9. The summed E-state index contributed by atoms with van der Waals surface area (Å²) in [5.41, 5.74) is 0.523. The maximum absolute atomic E-state index is 12.1. The van der Waals surface area contributed by atoms with E-state index in [9.17, 15) is 14.4 Å². The third kappa shape index (κ3) is 4.43. The van der Waals surface area contributed by atoms with Crippen LogP contribution in [0.5, 0.6) is 0 Å². The van der Waals surface area contributed by atoms with E-state index in [0.717, 1.165) is 6.92 Å². The number of halogens is 1. The second kappa shape index (κ2) is 7.04. The molecule has 0 radical (unpaired) electrons. The normalized spacial score (nSPS) is 12.9. The number of carbonyl (C=O) groups excluding carboxylic acids is 3. The highest BCUT2D eigenvalue weighted by atomic mass is 35.5. The molecule has 1 rings (SSSR count). The van der Waals surface area contributed by atoms with Gasteiger partial charge in [0.15, 0.2) is 0 Å². The quantitative estimate of drug-likeness (QED) is 0.361. The van der Waals surface area contributed by atoms with Crippen LogP contribution in [0, 0.1) is 0 Å². The summed E-state index contributed by atoms with van der Waals surface area (Å²) in [6, 6.07) is 8.20. The number of hydrogen-bond donors (Lipinski definition) is 0. The minimum atomic E-state index is -1.79. The van der Waals surface area contributed by atoms with E-state index in [-0.39, 0.29) is 5.57 Å². The van der Waals surface area contributed by atoms with E-state index in [0.29, 0.717) is 5.56 Å². The van der Waals surface area contributed by atoms with Gasteiger partial charge >= 0.3 is 17.9 Å². The van der Waals surface area contributed by atoms with Gasteiger partial charge in [-0.25, -0.2) is 9.59 Å². The van der Waals surface area contributed by atoms with Gasteiger partial charge in [0, 0.05) is 12.5 Å². The van der Waals surface area contributed by atoms with Crippen LogP contribution in [0.2, 0.25) is 0 Å². The van der Waals surface area contributed by atoms with Crippen molar-refractivity contribution in [3.63, 3.8) is 0 Å². The van der Waals surface area contributed by atoms with E-state index in [1.165, 1.54) is 6.92 Å². The summed E-state index contributed by atoms with van der Waals surface area (Å²) >= 11 is 6.27. The molecule has 0 bridgehead atoms. The van der Waals surface area contributed by atoms with Crippen LogP contribution in [0.15, 0.2) is 42.5 Å². The predicted molar refractivity (Wildman–Crippen MR) is 76.5 cm³/mol. The van der Waals surface area contributed by atoms with Crippen molar-refractivity contribution in [2.75, 3.05) is 6.61 Å². The largest absolute Gasteiger partial charge is 0.459 e. The molecule has 0 spiro atoms. The first-order valence-electron chi connectivity index (χ1n) is 6.07. The Morgan fingerprint density at radius 1 is 1.19 bits per heavy atom. The first-order chi connectivity index (χ1) is 9.77. The molecule has 21 heavy (non-hydrogen) atoms. The van der Waals surface area contributed by atoms with Crippen LogP contribution in [0.4, 0.5) is 0 Å². The van der Waals surface area contributed by atoms with Gasteiger partial charge in [-0.05, 0) is 12.5 Å². The van der Waals surface area contributed by atoms with Crippen LogP contribution in [0.3, 0.4) is 0 Å². The molecular weight excluding hydrogens is 296 g/mol. The standard InChI is InChI=1S/C15H15ClO5/c1-10(2)13(18)20-9-15(16,14(19)21-11(3)17)12-7-5-4-6-8-12/h4-8H,1,9H2,2-3H3. The van der Waals surface area contributed by atoms with Gasteiger partial charge in [-0.15, -0.1) is 0 Å². The molecule has 1 unspecified atom stereocenters. The number of alkyl halides is 1. The number of carbonyl (C=O) groups is 3. The molecule has 0 saturated heterocycles. The molecule has 0 aliphatic rings. The lowest BCUT2D eigenvalue weighted by Crippen LogP contribution is -2.38. The summed E-state index contributed by atoms with van der Waals surface area (Å²) in [6.45, 7) is 5.51. The Hall–Kier alpha value is -2.14. The molecule has 0 aromatic heterocycles. The van der Waals surface area contributed by atoms with Crippen LogP contribution >= 0.6 is 11.6 Å². The van der Waals surface area contributed by atoms with Crippen molar-refractivity contribution in [2.24, 2.45) is 0 Å². The molecule has 0 fully saturated rings. The second-order valence-corrected chi connectivity index (χ2v) is 5.05. The lowest BCUT2D eigenvalue weighted by atomic mass is 9.99. The first-order valence-corrected chi connectivity index (χ1v) is 6.45. The molecule has 0 aliphatic heterocycles. The van der Waals surface area contributed by atoms with Crippen molar-refractivity contribution in [3.8, 4) is 0 Å². The summed E-state index contributed by atoms with van der Waals surface area (Å²) in [4.78, 5) is 32.7. The number of esters is 3. The van der Waals surface area contributed by atoms with Crippen molar-refractivity contribution < 1.29 is 23.9 Å². The van der Waals surface area contributed by atoms with Crippen LogP contribution in [0.25, 0.3) is 0 Å². The van der Waals surface area contributed by atoms with Crippen LogP contribution < -0.4 is 0 Å². The molecule has 0 saturated carbocycles. The van der Waals surface area contributed by atoms with Gasteiger partial charge in [0.2, 0.25) is 4.87 Å². The van der Waals surface area contributed by atoms with Crippen LogP contribution in [0.1, 0.15) is 19.4 Å². The van der Waals surface area contributed by atoms with E-state index in [4.69, 9.17) is 16.3 Å². The summed E-state index contributed by atoms with van der Waals surface area (Å²) < 4.78 is 9.48. The maximum atomic E-state index is 12.1. The highest BCUT2D eigenvalue weighted by molar-refractivity contribution is 6.34. The predicted octanol–water partition coefficient (Wildman–Crippen LogP) is 2.33. The lowest BCUT2D eigenvalue weighted by molar-refractivity contribution is -0.162. The molecule has 1 atom stereocenters. The summed E-state index contributed by atoms with van der Waals surface area (Å²) in [6.07, 6.45) is 0. The zero-order chi connectivity index (χ0) is 16.0. The van der Waals surface area contributed by atoms with Crippen molar-refractivity contribution >= 4 is 29.5 Å². The van der Waals surface area contributed by atoms with E-state index in [1.54, 1.807) is 30.3 Å². The van der Waals surface area contributed by atoms with Gasteiger partial charge in [-0.3, -0.25) is 4.79 Å². The molecule has 1 aromatic rings. The molecule has 5 nitrogen and oxygen atoms in total. The number of ether oxygens (including phenoxy) is 2. The second-order valence-electron chi connectivity index (χ2n) is 4.40. The van der Waals surface area contributed by atoms with Gasteiger partial charge in [0.05, 0.1) is 0 Å². The minimum absolute atomic E-state index is 0.169. The zero-order valence-corrected chi connectivity index (χ0v) is 12.5. The molecule has 1 aromatic carbocycles. The van der Waals surface area contributed by atoms with Crippen LogP contribution in [-0.4, -0.2) is 24.5 Å². The highest BCUT2D eigenvalue weighted by Crippen LogP contribution is 2.31. The lowest BCUT2D eigenvalue weighted by Gasteiger charge is -2.24. The van der Waals surface area contributed by atoms with E-state index in [2.05, 4.69) is 11.3 Å². The monoisotopic (exact) mass is 310 g/mol. The van der Waals surface area contributed by atoms with Crippen molar-refractivity contribution in [3.05, 3.63) is 48.0 Å². The molecular formula is C15H15ClO5. The fourth-order valence-corrected chi connectivity index (χ4v) is 1.68. The van der Waals surface area contributed by atoms with Gasteiger partial charge in [-0.1, -0.05) is 48.5 Å². The molecule has 0 amide bonds. The zero-order valence-electron chi connectivity index (χ0n) is 11.7. The SMILES string of the molecule is C=C(C)C(=O)OCC(Cl)(C(=O)OC(C)=O)c1ccccc1. The Labute approximate surface area is 127 Å². The van der Waals surface area contributed by atoms with Gasteiger partial charge in [0.25, 0.3) is 0 Å². The molecule has 112 valence electrons. The topological polar surface area (TPSA) is 69.7 Å². The van der Waals surface area contributed by atoms with E-state index >= 15 is 0 Å². The average molecular weight is 311 g/mol. The molecule has 0 heterocycles. The third-order valence-electron chi connectivity index (χ3n) is 2.54. The molecule has 0 N–H and O–H groups in total. The number of rotatable bonds is 5. The van der Waals surface area contributed by atoms with Crippen molar-refractivity contribution in [1.82, 2.24) is 0 Å². The van der Waals surface area contributed by atoms with E-state index in [1.807, 2.05) is 0 Å². The van der Waals surface area contributed by atoms with E-state index < -0.39 is 29.4 Å². The van der Waals surface area contributed by atoms with Crippen molar-refractivity contribution in [1.29, 1.82) is 0 Å². The summed E-state index contributed by atoms with van der Waals surface area (Å²) in [7, 11) is 0. The van der Waals surface area contributed by atoms with Gasteiger partial charge in [0.1, 0.15) is 6.61 Å². The smallest absolute Gasteiger partial charge is 0.343 e. The Balaban J connectivity index is 3.05. The highest BCUT2D eigenvalue weighted by Gasteiger charge is 2.42. The van der Waals surface area contributed by atoms with Gasteiger partial charge < -0.3 is 9.47 Å².